The molecular formula is C15H13Cl3N2O3. The number of halogens is 3. The number of nitrogens with zero attached hydrogens (tertiary/aromatic N) is 2. The van der Waals surface area contributed by atoms with Crippen molar-refractivity contribution in [2.45, 2.75) is 19.6 Å². The maximum atomic E-state index is 6.18. The average Bonchev–Trinajstić information content (AvgIpc) is 2.92. The second kappa shape index (κ2) is 6.42. The third kappa shape index (κ3) is 3.39. The maximum absolute atomic E-state index is 6.18. The van der Waals surface area contributed by atoms with Gasteiger partial charge in [0.05, 0.1) is 28.8 Å². The van der Waals surface area contributed by atoms with Crippen molar-refractivity contribution in [3.63, 3.8) is 0 Å². The molecule has 1 aliphatic rings. The van der Waals surface area contributed by atoms with Gasteiger partial charge in [-0.25, -0.2) is 0 Å². The summed E-state index contributed by atoms with van der Waals surface area (Å²) >= 11 is 18.5. The first-order chi connectivity index (χ1) is 10.9. The molecule has 23 heavy (non-hydrogen) atoms. The van der Waals surface area contributed by atoms with E-state index in [9.17, 15) is 0 Å². The molecule has 1 saturated heterocycles. The molecule has 0 atom stereocenters. The first-order valence-electron chi connectivity index (χ1n) is 6.84. The van der Waals surface area contributed by atoms with Crippen LogP contribution in [0.25, 0.3) is 0 Å². The van der Waals surface area contributed by atoms with Crippen LogP contribution in [0.1, 0.15) is 18.1 Å². The molecule has 3 rings (SSSR count). The first kappa shape index (κ1) is 16.7. The van der Waals surface area contributed by atoms with E-state index in [2.05, 4.69) is 10.2 Å². The van der Waals surface area contributed by atoms with Crippen molar-refractivity contribution in [3.8, 4) is 11.6 Å². The predicted molar refractivity (Wildman–Crippen MR) is 87.6 cm³/mol. The van der Waals surface area contributed by atoms with Crippen LogP contribution < -0.4 is 4.74 Å². The molecule has 1 fully saturated rings. The zero-order chi connectivity index (χ0) is 16.6. The normalized spacial score (nSPS) is 16.6. The van der Waals surface area contributed by atoms with Crippen molar-refractivity contribution in [3.05, 3.63) is 44.5 Å². The van der Waals surface area contributed by atoms with Crippen LogP contribution in [-0.2, 0) is 15.3 Å². The third-order valence-corrected chi connectivity index (χ3v) is 4.24. The molecule has 0 unspecified atom stereocenters. The Balaban J connectivity index is 1.96. The van der Waals surface area contributed by atoms with E-state index in [0.717, 1.165) is 5.56 Å². The Bertz CT molecular complexity index is 726. The Morgan fingerprint density at radius 2 is 1.65 bits per heavy atom. The third-order valence-electron chi connectivity index (χ3n) is 3.40. The molecule has 0 bridgehead atoms. The van der Waals surface area contributed by atoms with Gasteiger partial charge in [0.2, 0.25) is 5.88 Å². The number of ether oxygens (including phenoxy) is 3. The monoisotopic (exact) mass is 374 g/mol. The topological polar surface area (TPSA) is 53.5 Å². The molecule has 1 aromatic carbocycles. The van der Waals surface area contributed by atoms with E-state index in [1.54, 1.807) is 25.1 Å². The lowest BCUT2D eigenvalue weighted by atomic mass is 10.1. The van der Waals surface area contributed by atoms with Crippen LogP contribution in [0, 0.1) is 6.92 Å². The fraction of sp³-hybridized carbons (Fsp3) is 0.333. The maximum Gasteiger partial charge on any atom is 0.239 e. The van der Waals surface area contributed by atoms with Crippen molar-refractivity contribution in [2.75, 3.05) is 13.2 Å². The molecule has 1 aliphatic heterocycles. The van der Waals surface area contributed by atoms with Gasteiger partial charge in [-0.1, -0.05) is 34.8 Å². The predicted octanol–water partition coefficient (Wildman–Crippen LogP) is 4.76. The number of hydrogen-bond donors (Lipinski definition) is 0. The summed E-state index contributed by atoms with van der Waals surface area (Å²) in [6, 6.07) is 5.10. The number of hydrogen-bond acceptors (Lipinski definition) is 5. The number of rotatable bonds is 3. The lowest BCUT2D eigenvalue weighted by Gasteiger charge is -2.23. The quantitative estimate of drug-likeness (QED) is 0.774. The van der Waals surface area contributed by atoms with E-state index < -0.39 is 5.79 Å². The van der Waals surface area contributed by atoms with Gasteiger partial charge < -0.3 is 14.2 Å². The largest absolute Gasteiger partial charge is 0.434 e. The smallest absolute Gasteiger partial charge is 0.239 e. The van der Waals surface area contributed by atoms with Crippen LogP contribution in [0.5, 0.6) is 11.6 Å². The van der Waals surface area contributed by atoms with Crippen molar-refractivity contribution in [1.29, 1.82) is 0 Å². The molecule has 0 aliphatic carbocycles. The summed E-state index contributed by atoms with van der Waals surface area (Å²) < 4.78 is 16.9. The van der Waals surface area contributed by atoms with Gasteiger partial charge in [-0.05, 0) is 31.5 Å². The molecule has 0 amide bonds. The Labute approximate surface area is 148 Å². The molecular weight excluding hydrogens is 363 g/mol. The van der Waals surface area contributed by atoms with Gasteiger partial charge in [-0.3, -0.25) is 0 Å². The SMILES string of the molecule is Cc1cc(Cl)c(Oc2cc(C3(C)OCCO3)c(Cl)nn2)c(Cl)c1. The van der Waals surface area contributed by atoms with Crippen LogP contribution in [0.15, 0.2) is 18.2 Å². The second-order valence-electron chi connectivity index (χ2n) is 5.19. The van der Waals surface area contributed by atoms with Gasteiger partial charge in [0, 0.05) is 6.07 Å². The molecule has 2 heterocycles. The molecule has 8 heteroatoms. The van der Waals surface area contributed by atoms with Crippen LogP contribution in [0.4, 0.5) is 0 Å². The van der Waals surface area contributed by atoms with Gasteiger partial charge in [-0.15, -0.1) is 10.2 Å². The number of aromatic nitrogens is 2. The minimum absolute atomic E-state index is 0.183. The van der Waals surface area contributed by atoms with Gasteiger partial charge in [0.1, 0.15) is 0 Å². The molecule has 1 aromatic heterocycles. The summed E-state index contributed by atoms with van der Waals surface area (Å²) in [4.78, 5) is 0. The van der Waals surface area contributed by atoms with Crippen LogP contribution in [0.3, 0.4) is 0 Å². The Morgan fingerprint density at radius 1 is 1.04 bits per heavy atom. The highest BCUT2D eigenvalue weighted by molar-refractivity contribution is 6.37. The molecule has 5 nitrogen and oxygen atoms in total. The number of aryl methyl sites for hydroxylation is 1. The molecule has 0 spiro atoms. The zero-order valence-corrected chi connectivity index (χ0v) is 14.7. The Morgan fingerprint density at radius 3 is 2.26 bits per heavy atom. The summed E-state index contributed by atoms with van der Waals surface area (Å²) in [5, 5.41) is 8.74. The fourth-order valence-electron chi connectivity index (χ4n) is 2.29. The summed E-state index contributed by atoms with van der Waals surface area (Å²) in [6.45, 7) is 4.60. The zero-order valence-electron chi connectivity index (χ0n) is 12.4. The van der Waals surface area contributed by atoms with Crippen LogP contribution in [-0.4, -0.2) is 23.4 Å². The second-order valence-corrected chi connectivity index (χ2v) is 6.36. The van der Waals surface area contributed by atoms with E-state index in [4.69, 9.17) is 49.0 Å². The lowest BCUT2D eigenvalue weighted by Crippen LogP contribution is -2.23. The van der Waals surface area contributed by atoms with E-state index in [1.165, 1.54) is 0 Å². The molecule has 0 N–H and O–H groups in total. The molecule has 122 valence electrons. The Kier molecular flexibility index (Phi) is 4.67. The summed E-state index contributed by atoms with van der Waals surface area (Å²) in [5.74, 6) is -0.483. The van der Waals surface area contributed by atoms with Gasteiger partial charge >= 0.3 is 0 Å². The lowest BCUT2D eigenvalue weighted by molar-refractivity contribution is -0.150. The summed E-state index contributed by atoms with van der Waals surface area (Å²) in [5.41, 5.74) is 1.46. The van der Waals surface area contributed by atoms with Crippen LogP contribution in [0.2, 0.25) is 15.2 Å². The van der Waals surface area contributed by atoms with Gasteiger partial charge in [0.15, 0.2) is 16.7 Å². The first-order valence-corrected chi connectivity index (χ1v) is 7.97. The molecule has 2 aromatic rings. The van der Waals surface area contributed by atoms with E-state index in [1.807, 2.05) is 6.92 Å². The average molecular weight is 376 g/mol. The van der Waals surface area contributed by atoms with Crippen molar-refractivity contribution in [1.82, 2.24) is 10.2 Å². The number of benzene rings is 1. The molecule has 0 saturated carbocycles. The van der Waals surface area contributed by atoms with Crippen molar-refractivity contribution < 1.29 is 14.2 Å². The highest BCUT2D eigenvalue weighted by atomic mass is 35.5. The van der Waals surface area contributed by atoms with Crippen LogP contribution >= 0.6 is 34.8 Å². The highest BCUT2D eigenvalue weighted by Crippen LogP contribution is 2.39. The minimum atomic E-state index is -0.980. The Hall–Kier alpha value is -1.11. The van der Waals surface area contributed by atoms with Gasteiger partial charge in [0.25, 0.3) is 0 Å². The van der Waals surface area contributed by atoms with E-state index in [-0.39, 0.29) is 11.0 Å². The van der Waals surface area contributed by atoms with E-state index in [0.29, 0.717) is 34.6 Å². The summed E-state index contributed by atoms with van der Waals surface area (Å²) in [6.07, 6.45) is 0. The van der Waals surface area contributed by atoms with E-state index >= 15 is 0 Å². The summed E-state index contributed by atoms with van der Waals surface area (Å²) in [7, 11) is 0. The van der Waals surface area contributed by atoms with Crippen molar-refractivity contribution >= 4 is 34.8 Å². The molecule has 0 radical (unpaired) electrons. The standard InChI is InChI=1S/C15H13Cl3N2O3/c1-8-5-10(16)13(11(17)6-8)23-12-7-9(14(18)20-19-12)15(2)21-3-4-22-15/h5-7H,3-4H2,1-2H3. The minimum Gasteiger partial charge on any atom is -0.434 e. The fourth-order valence-corrected chi connectivity index (χ4v) is 3.22. The van der Waals surface area contributed by atoms with Crippen molar-refractivity contribution in [2.24, 2.45) is 0 Å². The van der Waals surface area contributed by atoms with Gasteiger partial charge in [-0.2, -0.15) is 0 Å². The highest BCUT2D eigenvalue weighted by Gasteiger charge is 2.36.